The Balaban J connectivity index is 3.40. The van der Waals surface area contributed by atoms with E-state index in [-0.39, 0.29) is 18.5 Å². The largest absolute Gasteiger partial charge is 0.466 e. The molecule has 2 atom stereocenters. The molecule has 384 valence electrons. The second-order valence-corrected chi connectivity index (χ2v) is 20.0. The summed E-state index contributed by atoms with van der Waals surface area (Å²) in [6, 6.07) is -0.629. The van der Waals surface area contributed by atoms with Gasteiger partial charge < -0.3 is 20.3 Å². The number of carbonyl (C=O) groups excluding carboxylic acids is 2. The highest BCUT2D eigenvalue weighted by atomic mass is 16.5. The second-order valence-electron chi connectivity index (χ2n) is 20.0. The lowest BCUT2D eigenvalue weighted by Crippen LogP contribution is -2.45. The highest BCUT2D eigenvalue weighted by Gasteiger charge is 2.18. The van der Waals surface area contributed by atoms with E-state index in [1.165, 1.54) is 244 Å². The molecule has 0 saturated heterocycles. The Morgan fingerprint density at radius 3 is 1.09 bits per heavy atom. The fourth-order valence-electron chi connectivity index (χ4n) is 8.98. The van der Waals surface area contributed by atoms with Crippen LogP contribution in [0.25, 0.3) is 0 Å². The number of rotatable bonds is 54. The van der Waals surface area contributed by atoms with Gasteiger partial charge in [-0.05, 0) is 57.8 Å². The normalized spacial score (nSPS) is 12.7. The number of amides is 1. The lowest BCUT2D eigenvalue weighted by atomic mass is 10.0. The molecule has 1 amide bonds. The first-order valence-electron chi connectivity index (χ1n) is 29.1. The molecular formula is C59H113NO5. The van der Waals surface area contributed by atoms with Crippen LogP contribution in [0.2, 0.25) is 0 Å². The molecule has 3 N–H and O–H groups in total. The highest BCUT2D eigenvalue weighted by molar-refractivity contribution is 5.76. The number of esters is 1. The first-order valence-corrected chi connectivity index (χ1v) is 29.1. The molecule has 0 rings (SSSR count). The van der Waals surface area contributed by atoms with E-state index in [9.17, 15) is 19.8 Å². The fourth-order valence-corrected chi connectivity index (χ4v) is 8.98. The minimum atomic E-state index is -0.845. The smallest absolute Gasteiger partial charge is 0.305 e. The first-order chi connectivity index (χ1) is 32.0. The molecule has 0 saturated carbocycles. The number of hydrogen-bond donors (Lipinski definition) is 3. The number of aliphatic hydroxyl groups is 2. The molecule has 0 spiro atoms. The number of hydrogen-bond acceptors (Lipinski definition) is 5. The number of unbranched alkanes of at least 4 members (excludes halogenated alkanes) is 41. The molecule has 0 radical (unpaired) electrons. The number of aliphatic hydroxyl groups excluding tert-OH is 2. The van der Waals surface area contributed by atoms with E-state index < -0.39 is 12.1 Å². The minimum Gasteiger partial charge on any atom is -0.466 e. The molecule has 6 nitrogen and oxygen atoms in total. The van der Waals surface area contributed by atoms with E-state index >= 15 is 0 Å². The minimum absolute atomic E-state index is 0.00501. The summed E-state index contributed by atoms with van der Waals surface area (Å²) >= 11 is 0. The Hall–Kier alpha value is -1.66. The van der Waals surface area contributed by atoms with Gasteiger partial charge in [0.2, 0.25) is 5.91 Å². The van der Waals surface area contributed by atoms with Crippen molar-refractivity contribution in [2.75, 3.05) is 13.2 Å². The molecule has 0 heterocycles. The fraction of sp³-hybridized carbons (Fsp3) is 0.898. The molecule has 0 aromatic heterocycles. The second kappa shape index (κ2) is 54.9. The van der Waals surface area contributed by atoms with Crippen LogP contribution in [-0.2, 0) is 14.3 Å². The third-order valence-corrected chi connectivity index (χ3v) is 13.5. The molecule has 65 heavy (non-hydrogen) atoms. The predicted octanol–water partition coefficient (Wildman–Crippen LogP) is 17.9. The first kappa shape index (κ1) is 63.3. The summed E-state index contributed by atoms with van der Waals surface area (Å²) in [4.78, 5) is 24.5. The summed E-state index contributed by atoms with van der Waals surface area (Å²) in [5.41, 5.74) is 0. The summed E-state index contributed by atoms with van der Waals surface area (Å²) in [6.45, 7) is 4.89. The van der Waals surface area contributed by atoms with Gasteiger partial charge in [-0.2, -0.15) is 0 Å². The average molecular weight is 917 g/mol. The Labute approximate surface area is 405 Å². The highest BCUT2D eigenvalue weighted by Crippen LogP contribution is 2.17. The van der Waals surface area contributed by atoms with Gasteiger partial charge in [-0.1, -0.05) is 269 Å². The Bertz CT molecular complexity index is 1010. The van der Waals surface area contributed by atoms with Gasteiger partial charge in [0.25, 0.3) is 0 Å². The Morgan fingerprint density at radius 2 is 0.723 bits per heavy atom. The zero-order valence-electron chi connectivity index (χ0n) is 43.7. The third kappa shape index (κ3) is 51.6. The van der Waals surface area contributed by atoms with Crippen molar-refractivity contribution in [2.45, 2.75) is 328 Å². The van der Waals surface area contributed by atoms with E-state index in [1.807, 2.05) is 6.08 Å². The van der Waals surface area contributed by atoms with Crippen molar-refractivity contribution in [1.29, 1.82) is 0 Å². The van der Waals surface area contributed by atoms with Crippen LogP contribution >= 0.6 is 0 Å². The van der Waals surface area contributed by atoms with Crippen LogP contribution < -0.4 is 5.32 Å². The third-order valence-electron chi connectivity index (χ3n) is 13.5. The van der Waals surface area contributed by atoms with E-state index in [2.05, 4.69) is 31.3 Å². The molecule has 0 aliphatic heterocycles. The van der Waals surface area contributed by atoms with Crippen molar-refractivity contribution in [3.05, 3.63) is 24.3 Å². The van der Waals surface area contributed by atoms with Crippen LogP contribution in [0.4, 0.5) is 0 Å². The van der Waals surface area contributed by atoms with E-state index in [0.29, 0.717) is 19.4 Å². The summed E-state index contributed by atoms with van der Waals surface area (Å²) < 4.78 is 5.49. The molecule has 0 aromatic rings. The average Bonchev–Trinajstić information content (AvgIpc) is 3.31. The van der Waals surface area contributed by atoms with Crippen LogP contribution in [-0.4, -0.2) is 47.4 Å². The number of ether oxygens (including phenoxy) is 1. The quantitative estimate of drug-likeness (QED) is 0.0321. The van der Waals surface area contributed by atoms with Gasteiger partial charge in [0.05, 0.1) is 25.4 Å². The number of carbonyl (C=O) groups is 2. The lowest BCUT2D eigenvalue weighted by Gasteiger charge is -2.20. The topological polar surface area (TPSA) is 95.9 Å². The molecule has 2 unspecified atom stereocenters. The molecule has 0 aromatic carbocycles. The maximum Gasteiger partial charge on any atom is 0.305 e. The zero-order valence-corrected chi connectivity index (χ0v) is 43.7. The molecule has 0 fully saturated rings. The van der Waals surface area contributed by atoms with Crippen LogP contribution in [0.3, 0.4) is 0 Å². The van der Waals surface area contributed by atoms with Gasteiger partial charge in [-0.25, -0.2) is 0 Å². The van der Waals surface area contributed by atoms with Gasteiger partial charge in [-0.15, -0.1) is 0 Å². The van der Waals surface area contributed by atoms with Crippen LogP contribution in [0.5, 0.6) is 0 Å². The molecular weight excluding hydrogens is 803 g/mol. The predicted molar refractivity (Wildman–Crippen MR) is 283 cm³/mol. The van der Waals surface area contributed by atoms with Crippen molar-refractivity contribution in [3.63, 3.8) is 0 Å². The summed E-state index contributed by atoms with van der Waals surface area (Å²) in [5.74, 6) is -0.0660. The van der Waals surface area contributed by atoms with Crippen LogP contribution in [0.15, 0.2) is 24.3 Å². The monoisotopic (exact) mass is 916 g/mol. The van der Waals surface area contributed by atoms with Gasteiger partial charge >= 0.3 is 5.97 Å². The van der Waals surface area contributed by atoms with Crippen molar-refractivity contribution in [1.82, 2.24) is 5.32 Å². The zero-order chi connectivity index (χ0) is 47.2. The number of allylic oxidation sites excluding steroid dienone is 3. The van der Waals surface area contributed by atoms with Gasteiger partial charge in [0.1, 0.15) is 0 Å². The summed E-state index contributed by atoms with van der Waals surface area (Å²) in [6.07, 6.45) is 66.3. The maximum atomic E-state index is 12.4. The van der Waals surface area contributed by atoms with Crippen molar-refractivity contribution < 1.29 is 24.5 Å². The van der Waals surface area contributed by atoms with Gasteiger partial charge in [0.15, 0.2) is 0 Å². The molecule has 0 aliphatic carbocycles. The molecule has 0 aliphatic rings. The number of nitrogens with one attached hydrogen (secondary N) is 1. The van der Waals surface area contributed by atoms with E-state index in [4.69, 9.17) is 4.74 Å². The van der Waals surface area contributed by atoms with Crippen LogP contribution in [0, 0.1) is 0 Å². The van der Waals surface area contributed by atoms with Gasteiger partial charge in [-0.3, -0.25) is 9.59 Å². The van der Waals surface area contributed by atoms with E-state index in [0.717, 1.165) is 44.9 Å². The standard InChI is InChI=1S/C59H113NO5/c1-3-5-7-9-11-13-15-17-18-22-26-29-33-37-41-45-49-53-59(64)65-54-50-46-42-38-34-30-27-24-21-19-20-23-25-28-32-36-40-44-48-52-58(63)60-56(55-61)57(62)51-47-43-39-35-31-16-14-12-10-8-6-4-2/h17-18,47,51,56-57,61-62H,3-16,19-46,48-50,52-55H2,1-2H3,(H,60,63)/b18-17-,51-47+. The summed E-state index contributed by atoms with van der Waals surface area (Å²) in [5, 5.41) is 23.0. The SMILES string of the molecule is CCCCCCCC/C=C\CCCCCCCCCC(=O)OCCCCCCCCCCCCCCCCCCCCCC(=O)NC(CO)C(O)/C=C/CCCCCCCCCCCC. The van der Waals surface area contributed by atoms with Gasteiger partial charge in [0, 0.05) is 12.8 Å². The van der Waals surface area contributed by atoms with E-state index in [1.54, 1.807) is 6.08 Å². The lowest BCUT2D eigenvalue weighted by molar-refractivity contribution is -0.143. The van der Waals surface area contributed by atoms with Crippen molar-refractivity contribution in [3.8, 4) is 0 Å². The molecule has 0 bridgehead atoms. The van der Waals surface area contributed by atoms with Crippen molar-refractivity contribution in [2.24, 2.45) is 0 Å². The Morgan fingerprint density at radius 1 is 0.415 bits per heavy atom. The maximum absolute atomic E-state index is 12.4. The van der Waals surface area contributed by atoms with Crippen LogP contribution in [0.1, 0.15) is 316 Å². The molecule has 6 heteroatoms. The van der Waals surface area contributed by atoms with Crippen molar-refractivity contribution >= 4 is 11.9 Å². The Kier molecular flexibility index (Phi) is 53.5. The summed E-state index contributed by atoms with van der Waals surface area (Å²) in [7, 11) is 0.